The highest BCUT2D eigenvalue weighted by atomic mass is 35.5. The SMILES string of the molecule is CCC1(CC)C(O)C(F)(F)CN1C(=O)c1cccc(Cl)n1. The van der Waals surface area contributed by atoms with Gasteiger partial charge in [-0.2, -0.15) is 0 Å². The molecule has 1 aliphatic rings. The Morgan fingerprint density at radius 2 is 2.10 bits per heavy atom. The third-order valence-corrected chi connectivity index (χ3v) is 4.43. The van der Waals surface area contributed by atoms with Crippen LogP contribution in [-0.2, 0) is 0 Å². The van der Waals surface area contributed by atoms with Crippen LogP contribution in [0.25, 0.3) is 0 Å². The predicted octanol–water partition coefficient (Wildman–Crippen LogP) is 2.75. The van der Waals surface area contributed by atoms with Crippen molar-refractivity contribution in [1.82, 2.24) is 9.88 Å². The van der Waals surface area contributed by atoms with Crippen LogP contribution in [-0.4, -0.2) is 45.0 Å². The van der Waals surface area contributed by atoms with Crippen molar-refractivity contribution >= 4 is 17.5 Å². The number of hydrogen-bond acceptors (Lipinski definition) is 3. The molecule has 116 valence electrons. The number of likely N-dealkylation sites (tertiary alicyclic amines) is 1. The molecular formula is C14H17ClF2N2O2. The van der Waals surface area contributed by atoms with E-state index in [0.29, 0.717) is 0 Å². The smallest absolute Gasteiger partial charge is 0.292 e. The van der Waals surface area contributed by atoms with Gasteiger partial charge < -0.3 is 10.0 Å². The van der Waals surface area contributed by atoms with Crippen LogP contribution < -0.4 is 0 Å². The summed E-state index contributed by atoms with van der Waals surface area (Å²) in [4.78, 5) is 17.4. The fourth-order valence-electron chi connectivity index (χ4n) is 2.95. The molecule has 1 aromatic heterocycles. The Hall–Kier alpha value is -1.27. The summed E-state index contributed by atoms with van der Waals surface area (Å²) in [5, 5.41) is 10.1. The molecule has 1 aliphatic heterocycles. The summed E-state index contributed by atoms with van der Waals surface area (Å²) in [6.07, 6.45) is -1.43. The van der Waals surface area contributed by atoms with Gasteiger partial charge in [0.2, 0.25) is 0 Å². The first-order valence-corrected chi connectivity index (χ1v) is 7.16. The maximum absolute atomic E-state index is 13.9. The number of aliphatic hydroxyl groups is 1. The summed E-state index contributed by atoms with van der Waals surface area (Å²) >= 11 is 5.74. The molecule has 0 aromatic carbocycles. The van der Waals surface area contributed by atoms with E-state index < -0.39 is 30.0 Å². The van der Waals surface area contributed by atoms with Crippen molar-refractivity contribution in [3.05, 3.63) is 29.0 Å². The van der Waals surface area contributed by atoms with Gasteiger partial charge in [0.15, 0.2) is 0 Å². The normalized spacial score (nSPS) is 23.3. The van der Waals surface area contributed by atoms with Crippen LogP contribution in [0.4, 0.5) is 8.78 Å². The molecule has 1 fully saturated rings. The Morgan fingerprint density at radius 1 is 1.48 bits per heavy atom. The van der Waals surface area contributed by atoms with E-state index in [1.54, 1.807) is 13.8 Å². The number of nitrogens with zero attached hydrogens (tertiary/aromatic N) is 2. The average molecular weight is 319 g/mol. The van der Waals surface area contributed by atoms with E-state index in [1.807, 2.05) is 0 Å². The molecule has 1 aromatic rings. The minimum absolute atomic E-state index is 0.00123. The Bertz CT molecular complexity index is 550. The van der Waals surface area contributed by atoms with E-state index in [9.17, 15) is 18.7 Å². The van der Waals surface area contributed by atoms with Gasteiger partial charge in [0, 0.05) is 0 Å². The van der Waals surface area contributed by atoms with Gasteiger partial charge in [-0.1, -0.05) is 31.5 Å². The lowest BCUT2D eigenvalue weighted by Gasteiger charge is -2.38. The van der Waals surface area contributed by atoms with E-state index in [-0.39, 0.29) is 23.7 Å². The largest absolute Gasteiger partial charge is 0.384 e. The highest BCUT2D eigenvalue weighted by Crippen LogP contribution is 2.44. The van der Waals surface area contributed by atoms with E-state index in [4.69, 9.17) is 11.6 Å². The van der Waals surface area contributed by atoms with Crippen LogP contribution in [0.2, 0.25) is 5.15 Å². The molecule has 1 amide bonds. The number of aliphatic hydroxyl groups excluding tert-OH is 1. The van der Waals surface area contributed by atoms with Crippen LogP contribution in [0.15, 0.2) is 18.2 Å². The van der Waals surface area contributed by atoms with E-state index in [1.165, 1.54) is 18.2 Å². The zero-order valence-electron chi connectivity index (χ0n) is 11.8. The van der Waals surface area contributed by atoms with Gasteiger partial charge in [-0.05, 0) is 25.0 Å². The zero-order chi connectivity index (χ0) is 15.8. The van der Waals surface area contributed by atoms with Crippen molar-refractivity contribution in [2.45, 2.75) is 44.3 Å². The molecule has 21 heavy (non-hydrogen) atoms. The molecule has 0 saturated carbocycles. The minimum Gasteiger partial charge on any atom is -0.384 e. The lowest BCUT2D eigenvalue weighted by atomic mass is 9.86. The fourth-order valence-corrected chi connectivity index (χ4v) is 3.12. The molecule has 1 atom stereocenters. The van der Waals surface area contributed by atoms with Crippen molar-refractivity contribution < 1.29 is 18.7 Å². The van der Waals surface area contributed by atoms with Gasteiger partial charge in [-0.25, -0.2) is 13.8 Å². The van der Waals surface area contributed by atoms with Crippen molar-refractivity contribution in [2.24, 2.45) is 0 Å². The summed E-state index contributed by atoms with van der Waals surface area (Å²) < 4.78 is 27.8. The monoisotopic (exact) mass is 318 g/mol. The Kier molecular flexibility index (Phi) is 4.22. The van der Waals surface area contributed by atoms with Gasteiger partial charge in [0.05, 0.1) is 12.1 Å². The quantitative estimate of drug-likeness (QED) is 0.872. The summed E-state index contributed by atoms with van der Waals surface area (Å²) in [5.74, 6) is -3.97. The van der Waals surface area contributed by atoms with Crippen molar-refractivity contribution in [3.63, 3.8) is 0 Å². The molecule has 2 heterocycles. The molecule has 0 bridgehead atoms. The van der Waals surface area contributed by atoms with Gasteiger partial charge in [0.25, 0.3) is 11.8 Å². The zero-order valence-corrected chi connectivity index (χ0v) is 12.6. The van der Waals surface area contributed by atoms with Crippen molar-refractivity contribution in [1.29, 1.82) is 0 Å². The third-order valence-electron chi connectivity index (χ3n) is 4.22. The van der Waals surface area contributed by atoms with Crippen LogP contribution in [0.3, 0.4) is 0 Å². The van der Waals surface area contributed by atoms with Gasteiger partial charge in [-0.15, -0.1) is 0 Å². The number of pyridine rings is 1. The fraction of sp³-hybridized carbons (Fsp3) is 0.571. The van der Waals surface area contributed by atoms with Crippen molar-refractivity contribution in [2.75, 3.05) is 6.54 Å². The van der Waals surface area contributed by atoms with Crippen LogP contribution in [0.5, 0.6) is 0 Å². The summed E-state index contributed by atoms with van der Waals surface area (Å²) in [6, 6.07) is 4.46. The average Bonchev–Trinajstić information content (AvgIpc) is 2.66. The molecule has 1 unspecified atom stereocenters. The first kappa shape index (κ1) is 16.1. The number of rotatable bonds is 3. The Labute approximate surface area is 126 Å². The maximum atomic E-state index is 13.9. The Morgan fingerprint density at radius 3 is 2.62 bits per heavy atom. The van der Waals surface area contributed by atoms with Gasteiger partial charge in [-0.3, -0.25) is 4.79 Å². The lowest BCUT2D eigenvalue weighted by Crippen LogP contribution is -2.53. The summed E-state index contributed by atoms with van der Waals surface area (Å²) in [6.45, 7) is 2.54. The molecule has 1 saturated heterocycles. The summed E-state index contributed by atoms with van der Waals surface area (Å²) in [7, 11) is 0. The molecule has 2 rings (SSSR count). The van der Waals surface area contributed by atoms with Gasteiger partial charge >= 0.3 is 0 Å². The minimum atomic E-state index is -3.33. The highest BCUT2D eigenvalue weighted by molar-refractivity contribution is 6.29. The predicted molar refractivity (Wildman–Crippen MR) is 74.6 cm³/mol. The van der Waals surface area contributed by atoms with Crippen molar-refractivity contribution in [3.8, 4) is 0 Å². The second-order valence-corrected chi connectivity index (χ2v) is 5.60. The topological polar surface area (TPSA) is 53.4 Å². The van der Waals surface area contributed by atoms with Crippen LogP contribution in [0.1, 0.15) is 37.2 Å². The number of amides is 1. The van der Waals surface area contributed by atoms with E-state index in [0.717, 1.165) is 4.90 Å². The van der Waals surface area contributed by atoms with Gasteiger partial charge in [0.1, 0.15) is 17.0 Å². The third kappa shape index (κ3) is 2.51. The molecule has 0 aliphatic carbocycles. The number of aromatic nitrogens is 1. The first-order valence-electron chi connectivity index (χ1n) is 6.79. The van der Waals surface area contributed by atoms with Crippen LogP contribution >= 0.6 is 11.6 Å². The number of hydrogen-bond donors (Lipinski definition) is 1. The molecule has 1 N–H and O–H groups in total. The van der Waals surface area contributed by atoms with E-state index >= 15 is 0 Å². The summed E-state index contributed by atoms with van der Waals surface area (Å²) in [5.41, 5.74) is -1.29. The highest BCUT2D eigenvalue weighted by Gasteiger charge is 2.62. The molecule has 0 spiro atoms. The Balaban J connectivity index is 2.44. The second kappa shape index (κ2) is 5.50. The number of carbonyl (C=O) groups is 1. The molecule has 4 nitrogen and oxygen atoms in total. The standard InChI is InChI=1S/C14H17ClF2N2O2/c1-3-13(4-2)12(21)14(16,17)8-19(13)11(20)9-6-5-7-10(15)18-9/h5-7,12,21H,3-4,8H2,1-2H3. The first-order chi connectivity index (χ1) is 9.78. The maximum Gasteiger partial charge on any atom is 0.292 e. The lowest BCUT2D eigenvalue weighted by molar-refractivity contribution is -0.0983. The van der Waals surface area contributed by atoms with Crippen LogP contribution in [0, 0.1) is 0 Å². The number of alkyl halides is 2. The van der Waals surface area contributed by atoms with E-state index in [2.05, 4.69) is 4.98 Å². The molecule has 0 radical (unpaired) electrons. The molecular weight excluding hydrogens is 302 g/mol. The number of carbonyl (C=O) groups excluding carboxylic acids is 1. The molecule has 7 heteroatoms. The number of halogens is 3. The second-order valence-electron chi connectivity index (χ2n) is 5.21.